The summed E-state index contributed by atoms with van der Waals surface area (Å²) in [7, 11) is 1.83. The highest BCUT2D eigenvalue weighted by molar-refractivity contribution is 8.00. The Labute approximate surface area is 171 Å². The molecule has 6 nitrogen and oxygen atoms in total. The van der Waals surface area contributed by atoms with Crippen molar-refractivity contribution >= 4 is 56.3 Å². The van der Waals surface area contributed by atoms with Crippen LogP contribution < -0.4 is 10.2 Å². The lowest BCUT2D eigenvalue weighted by Gasteiger charge is -2.23. The second-order valence-electron chi connectivity index (χ2n) is 6.13. The number of amides is 1. The zero-order chi connectivity index (χ0) is 19.6. The molecule has 0 aliphatic carbocycles. The van der Waals surface area contributed by atoms with Crippen molar-refractivity contribution in [1.82, 2.24) is 15.2 Å². The molecule has 0 saturated carbocycles. The molecule has 1 aromatic carbocycles. The van der Waals surface area contributed by atoms with Crippen molar-refractivity contribution in [2.24, 2.45) is 0 Å². The molecule has 0 radical (unpaired) electrons. The monoisotopic (exact) mass is 419 g/mol. The van der Waals surface area contributed by atoms with E-state index in [9.17, 15) is 4.79 Å². The van der Waals surface area contributed by atoms with E-state index in [0.29, 0.717) is 10.9 Å². The molecular weight excluding hydrogens is 398 g/mol. The minimum atomic E-state index is -0.0404. The van der Waals surface area contributed by atoms with Gasteiger partial charge in [-0.25, -0.2) is 4.98 Å². The molecule has 0 bridgehead atoms. The number of rotatable bonds is 6. The number of nitrogens with zero attached hydrogens (tertiary/aromatic N) is 4. The number of hydrogen-bond acceptors (Lipinski definition) is 8. The van der Waals surface area contributed by atoms with Gasteiger partial charge in [0.05, 0.1) is 11.4 Å². The second-order valence-corrected chi connectivity index (χ2v) is 9.17. The number of aromatic nitrogens is 3. The van der Waals surface area contributed by atoms with Crippen LogP contribution >= 0.6 is 34.4 Å². The Bertz CT molecular complexity index is 943. The van der Waals surface area contributed by atoms with Crippen LogP contribution in [-0.2, 0) is 10.5 Å². The average Bonchev–Trinajstić information content (AvgIpc) is 3.24. The number of aryl methyl sites for hydroxylation is 3. The summed E-state index contributed by atoms with van der Waals surface area (Å²) in [6.45, 7) is 7.71. The number of thiazole rings is 1. The second kappa shape index (κ2) is 8.37. The van der Waals surface area contributed by atoms with Gasteiger partial charge in [0.2, 0.25) is 11.0 Å². The van der Waals surface area contributed by atoms with E-state index in [1.54, 1.807) is 23.6 Å². The van der Waals surface area contributed by atoms with Gasteiger partial charge in [-0.1, -0.05) is 40.8 Å². The third kappa shape index (κ3) is 4.48. The van der Waals surface area contributed by atoms with Gasteiger partial charge >= 0.3 is 0 Å². The van der Waals surface area contributed by atoms with E-state index >= 15 is 0 Å². The molecule has 0 aliphatic rings. The molecule has 0 aliphatic heterocycles. The molecule has 2 aromatic heterocycles. The van der Waals surface area contributed by atoms with Gasteiger partial charge in [0.25, 0.3) is 0 Å². The number of anilines is 3. The molecule has 0 spiro atoms. The molecule has 1 amide bonds. The Morgan fingerprint density at radius 1 is 1.22 bits per heavy atom. The van der Waals surface area contributed by atoms with Crippen molar-refractivity contribution in [2.75, 3.05) is 17.3 Å². The summed E-state index contributed by atoms with van der Waals surface area (Å²) in [5, 5.41) is 14.6. The number of thioether (sulfide) groups is 1. The van der Waals surface area contributed by atoms with Crippen LogP contribution in [0.15, 0.2) is 21.9 Å². The van der Waals surface area contributed by atoms with Crippen LogP contribution in [0.2, 0.25) is 0 Å². The standard InChI is InChI=1S/C18H21N5OS3/c1-10-6-11(2)15(12(3)7-10)23(13(4)24)17-20-14(8-25-17)9-26-18-22-21-16(19-5)27-18/h6-8H,9H2,1-5H3,(H,19,21). The zero-order valence-electron chi connectivity index (χ0n) is 15.9. The summed E-state index contributed by atoms with van der Waals surface area (Å²) in [5.74, 6) is 0.647. The SMILES string of the molecule is CNc1nnc(SCc2csc(N(C(C)=O)c3c(C)cc(C)cc3C)n2)s1. The van der Waals surface area contributed by atoms with Crippen LogP contribution in [-0.4, -0.2) is 28.1 Å². The van der Waals surface area contributed by atoms with Gasteiger partial charge in [-0.15, -0.1) is 21.5 Å². The lowest BCUT2D eigenvalue weighted by molar-refractivity contribution is -0.115. The van der Waals surface area contributed by atoms with E-state index in [-0.39, 0.29) is 5.91 Å². The predicted molar refractivity (Wildman–Crippen MR) is 115 cm³/mol. The van der Waals surface area contributed by atoms with Crippen LogP contribution in [0.3, 0.4) is 0 Å². The Hall–Kier alpha value is -1.97. The van der Waals surface area contributed by atoms with Gasteiger partial charge < -0.3 is 5.32 Å². The third-order valence-electron chi connectivity index (χ3n) is 3.87. The van der Waals surface area contributed by atoms with Crippen LogP contribution in [0.1, 0.15) is 29.3 Å². The van der Waals surface area contributed by atoms with Crippen molar-refractivity contribution in [1.29, 1.82) is 0 Å². The molecule has 0 unspecified atom stereocenters. The molecule has 1 N–H and O–H groups in total. The minimum absolute atomic E-state index is 0.0404. The number of nitrogens with one attached hydrogen (secondary N) is 1. The number of benzene rings is 1. The third-order valence-corrected chi connectivity index (χ3v) is 6.85. The lowest BCUT2D eigenvalue weighted by Crippen LogP contribution is -2.24. The minimum Gasteiger partial charge on any atom is -0.363 e. The predicted octanol–water partition coefficient (Wildman–Crippen LogP) is 4.94. The molecule has 0 saturated heterocycles. The smallest absolute Gasteiger partial charge is 0.230 e. The molecular formula is C18H21N5OS3. The Balaban J connectivity index is 1.83. The van der Waals surface area contributed by atoms with Crippen molar-refractivity contribution in [2.45, 2.75) is 37.8 Å². The summed E-state index contributed by atoms with van der Waals surface area (Å²) < 4.78 is 0.891. The molecule has 0 atom stereocenters. The fourth-order valence-corrected chi connectivity index (χ4v) is 5.46. The first-order valence-corrected chi connectivity index (χ1v) is 11.0. The van der Waals surface area contributed by atoms with Crippen LogP contribution in [0, 0.1) is 20.8 Å². The average molecular weight is 420 g/mol. The first-order chi connectivity index (χ1) is 12.9. The van der Waals surface area contributed by atoms with Gasteiger partial charge in [0.1, 0.15) is 0 Å². The summed E-state index contributed by atoms with van der Waals surface area (Å²) in [4.78, 5) is 18.8. The van der Waals surface area contributed by atoms with Crippen LogP contribution in [0.25, 0.3) is 0 Å². The summed E-state index contributed by atoms with van der Waals surface area (Å²) >= 11 is 4.59. The summed E-state index contributed by atoms with van der Waals surface area (Å²) in [5.41, 5.74) is 5.18. The highest BCUT2D eigenvalue weighted by Gasteiger charge is 2.22. The Morgan fingerprint density at radius 3 is 2.52 bits per heavy atom. The number of carbonyl (C=O) groups is 1. The fraction of sp³-hybridized carbons (Fsp3) is 0.333. The topological polar surface area (TPSA) is 71.0 Å². The highest BCUT2D eigenvalue weighted by Crippen LogP contribution is 2.36. The van der Waals surface area contributed by atoms with Crippen molar-refractivity contribution in [3.05, 3.63) is 39.9 Å². The van der Waals surface area contributed by atoms with Gasteiger partial charge in [-0.2, -0.15) is 0 Å². The maximum atomic E-state index is 12.4. The maximum absolute atomic E-state index is 12.4. The molecule has 27 heavy (non-hydrogen) atoms. The number of hydrogen-bond donors (Lipinski definition) is 1. The highest BCUT2D eigenvalue weighted by atomic mass is 32.2. The lowest BCUT2D eigenvalue weighted by atomic mass is 10.0. The largest absolute Gasteiger partial charge is 0.363 e. The molecule has 0 fully saturated rings. The van der Waals surface area contributed by atoms with E-state index in [4.69, 9.17) is 4.98 Å². The summed E-state index contributed by atoms with van der Waals surface area (Å²) in [6, 6.07) is 4.19. The Morgan fingerprint density at radius 2 is 1.93 bits per heavy atom. The number of carbonyl (C=O) groups excluding carboxylic acids is 1. The van der Waals surface area contributed by atoms with Crippen molar-refractivity contribution in [3.63, 3.8) is 0 Å². The van der Waals surface area contributed by atoms with E-state index in [0.717, 1.165) is 32.0 Å². The molecule has 2 heterocycles. The normalized spacial score (nSPS) is 10.9. The first-order valence-electron chi connectivity index (χ1n) is 8.36. The van der Waals surface area contributed by atoms with E-state index in [1.165, 1.54) is 28.2 Å². The van der Waals surface area contributed by atoms with E-state index in [1.807, 2.05) is 26.3 Å². The van der Waals surface area contributed by atoms with Gasteiger partial charge in [-0.05, 0) is 31.9 Å². The first kappa shape index (κ1) is 19.8. The van der Waals surface area contributed by atoms with Crippen LogP contribution in [0.4, 0.5) is 16.0 Å². The zero-order valence-corrected chi connectivity index (χ0v) is 18.3. The van der Waals surface area contributed by atoms with E-state index < -0.39 is 0 Å². The molecule has 142 valence electrons. The van der Waals surface area contributed by atoms with E-state index in [2.05, 4.69) is 34.6 Å². The van der Waals surface area contributed by atoms with Gasteiger partial charge in [0, 0.05) is 25.1 Å². The van der Waals surface area contributed by atoms with Crippen molar-refractivity contribution < 1.29 is 4.79 Å². The van der Waals surface area contributed by atoms with Gasteiger partial charge in [-0.3, -0.25) is 9.69 Å². The Kier molecular flexibility index (Phi) is 6.13. The summed E-state index contributed by atoms with van der Waals surface area (Å²) in [6.07, 6.45) is 0. The van der Waals surface area contributed by atoms with Crippen molar-refractivity contribution in [3.8, 4) is 0 Å². The quantitative estimate of drug-likeness (QED) is 0.571. The molecule has 9 heteroatoms. The van der Waals surface area contributed by atoms with Gasteiger partial charge in [0.15, 0.2) is 9.47 Å². The molecule has 3 rings (SSSR count). The fourth-order valence-electron chi connectivity index (χ4n) is 2.88. The van der Waals surface area contributed by atoms with Crippen LogP contribution in [0.5, 0.6) is 0 Å². The maximum Gasteiger partial charge on any atom is 0.230 e. The molecule has 3 aromatic rings.